The first kappa shape index (κ1) is 11.0. The van der Waals surface area contributed by atoms with Crippen LogP contribution < -0.4 is 5.73 Å². The second-order valence-electron chi connectivity index (χ2n) is 2.20. The van der Waals surface area contributed by atoms with Gasteiger partial charge < -0.3 is 10.6 Å². The second-order valence-corrected chi connectivity index (χ2v) is 3.90. The third-order valence-corrected chi connectivity index (χ3v) is 2.24. The van der Waals surface area contributed by atoms with Gasteiger partial charge in [-0.1, -0.05) is 5.16 Å². The van der Waals surface area contributed by atoms with Crippen molar-refractivity contribution in [1.29, 1.82) is 0 Å². The molecule has 0 aromatic carbocycles. The molecule has 14 heavy (non-hydrogen) atoms. The fraction of sp³-hybridized carbons (Fsp3) is 0.286. The number of hydrogen-bond acceptors (Lipinski definition) is 7. The minimum Gasteiger partial charge on any atom is -0.384 e. The summed E-state index contributed by atoms with van der Waals surface area (Å²) >= 11 is 2.72. The zero-order valence-electron chi connectivity index (χ0n) is 7.47. The molecule has 0 amide bonds. The monoisotopic (exact) mass is 231 g/mol. The van der Waals surface area contributed by atoms with Crippen LogP contribution in [0.15, 0.2) is 10.5 Å². The van der Waals surface area contributed by atoms with Crippen LogP contribution in [0, 0.1) is 0 Å². The fourth-order valence-corrected chi connectivity index (χ4v) is 1.40. The molecular formula is C7H9N3O2S2. The number of anilines is 1. The van der Waals surface area contributed by atoms with Crippen molar-refractivity contribution in [2.45, 2.75) is 0 Å². The molecule has 0 unspecified atom stereocenters. The predicted molar refractivity (Wildman–Crippen MR) is 58.6 cm³/mol. The Balaban J connectivity index is 2.71. The first-order valence-corrected chi connectivity index (χ1v) is 5.90. The van der Waals surface area contributed by atoms with Gasteiger partial charge in [0.2, 0.25) is 0 Å². The summed E-state index contributed by atoms with van der Waals surface area (Å²) in [5.74, 6) is 0.400. The fourth-order valence-electron chi connectivity index (χ4n) is 0.683. The number of rotatable bonds is 5. The van der Waals surface area contributed by atoms with Gasteiger partial charge in [-0.3, -0.25) is 4.79 Å². The van der Waals surface area contributed by atoms with E-state index in [0.717, 1.165) is 0 Å². The standard InChI is InChI=1S/C7H9N3O2S2/c1-13-4-12-10-5(2-11)6-3-14-7(8)9-6/h2-3H,4H2,1H3,(H2,8,9)/b10-5+. The SMILES string of the molecule is CSCO/N=C(\C=O)c1csc(N)n1. The van der Waals surface area contributed by atoms with Crippen LogP contribution in [-0.4, -0.2) is 29.2 Å². The molecule has 0 aliphatic rings. The van der Waals surface area contributed by atoms with Crippen molar-refractivity contribution < 1.29 is 9.63 Å². The highest BCUT2D eigenvalue weighted by atomic mass is 32.2. The number of carbonyl (C=O) groups excluding carboxylic acids is 1. The Hall–Kier alpha value is -1.08. The van der Waals surface area contributed by atoms with Gasteiger partial charge in [0.05, 0.1) is 0 Å². The van der Waals surface area contributed by atoms with Crippen LogP contribution in [0.4, 0.5) is 5.13 Å². The lowest BCUT2D eigenvalue weighted by Crippen LogP contribution is -2.04. The van der Waals surface area contributed by atoms with Crippen LogP contribution in [0.25, 0.3) is 0 Å². The number of thiazole rings is 1. The highest BCUT2D eigenvalue weighted by Gasteiger charge is 2.06. The molecule has 76 valence electrons. The number of thioether (sulfide) groups is 1. The van der Waals surface area contributed by atoms with Crippen LogP contribution in [0.5, 0.6) is 0 Å². The van der Waals surface area contributed by atoms with E-state index in [-0.39, 0.29) is 5.71 Å². The van der Waals surface area contributed by atoms with Gasteiger partial charge in [0.1, 0.15) is 5.69 Å². The van der Waals surface area contributed by atoms with Crippen LogP contribution in [0.2, 0.25) is 0 Å². The van der Waals surface area contributed by atoms with Gasteiger partial charge >= 0.3 is 0 Å². The van der Waals surface area contributed by atoms with Crippen molar-refractivity contribution in [3.63, 3.8) is 0 Å². The largest absolute Gasteiger partial charge is 0.384 e. The number of carbonyl (C=O) groups is 1. The molecule has 0 radical (unpaired) electrons. The molecule has 7 heteroatoms. The van der Waals surface area contributed by atoms with E-state index < -0.39 is 0 Å². The van der Waals surface area contributed by atoms with Crippen molar-refractivity contribution >= 4 is 40.2 Å². The number of nitrogen functional groups attached to an aromatic ring is 1. The van der Waals surface area contributed by atoms with E-state index in [9.17, 15) is 4.79 Å². The van der Waals surface area contributed by atoms with E-state index in [0.29, 0.717) is 23.1 Å². The quantitative estimate of drug-likeness (QED) is 0.268. The third kappa shape index (κ3) is 3.00. The number of aldehydes is 1. The summed E-state index contributed by atoms with van der Waals surface area (Å²) in [6.45, 7) is 0. The van der Waals surface area contributed by atoms with Gasteiger partial charge in [0.15, 0.2) is 23.1 Å². The van der Waals surface area contributed by atoms with Gasteiger partial charge in [-0.15, -0.1) is 23.1 Å². The molecule has 1 heterocycles. The summed E-state index contributed by atoms with van der Waals surface area (Å²) in [6, 6.07) is 0. The average Bonchev–Trinajstić information content (AvgIpc) is 2.60. The molecule has 0 saturated heterocycles. The first-order valence-electron chi connectivity index (χ1n) is 3.63. The molecule has 0 bridgehead atoms. The molecule has 1 rings (SSSR count). The van der Waals surface area contributed by atoms with Crippen molar-refractivity contribution in [1.82, 2.24) is 4.98 Å². The molecule has 0 aliphatic heterocycles. The Kier molecular flexibility index (Phi) is 4.41. The van der Waals surface area contributed by atoms with Gasteiger partial charge in [0, 0.05) is 5.38 Å². The lowest BCUT2D eigenvalue weighted by atomic mass is 10.3. The normalized spacial score (nSPS) is 11.4. The van der Waals surface area contributed by atoms with Gasteiger partial charge in [-0.05, 0) is 6.26 Å². The third-order valence-electron chi connectivity index (χ3n) is 1.23. The number of hydrogen-bond donors (Lipinski definition) is 1. The summed E-state index contributed by atoms with van der Waals surface area (Å²) < 4.78 is 0. The molecule has 0 spiro atoms. The van der Waals surface area contributed by atoms with Crippen LogP contribution >= 0.6 is 23.1 Å². The van der Waals surface area contributed by atoms with Crippen molar-refractivity contribution in [2.75, 3.05) is 17.9 Å². The van der Waals surface area contributed by atoms with Crippen LogP contribution in [0.1, 0.15) is 5.69 Å². The molecule has 0 fully saturated rings. The zero-order valence-corrected chi connectivity index (χ0v) is 9.10. The van der Waals surface area contributed by atoms with Crippen molar-refractivity contribution in [3.8, 4) is 0 Å². The maximum Gasteiger partial charge on any atom is 0.180 e. The van der Waals surface area contributed by atoms with Gasteiger partial charge in [-0.2, -0.15) is 0 Å². The summed E-state index contributed by atoms with van der Waals surface area (Å²) in [7, 11) is 0. The summed E-state index contributed by atoms with van der Waals surface area (Å²) in [5.41, 5.74) is 6.02. The average molecular weight is 231 g/mol. The van der Waals surface area contributed by atoms with Crippen LogP contribution in [-0.2, 0) is 9.63 Å². The van der Waals surface area contributed by atoms with E-state index >= 15 is 0 Å². The number of nitrogens with zero attached hydrogens (tertiary/aromatic N) is 2. The topological polar surface area (TPSA) is 77.6 Å². The van der Waals surface area contributed by atoms with Crippen LogP contribution in [0.3, 0.4) is 0 Å². The Morgan fingerprint density at radius 1 is 1.93 bits per heavy atom. The second kappa shape index (κ2) is 5.61. The van der Waals surface area contributed by atoms with Gasteiger partial charge in [-0.25, -0.2) is 4.98 Å². The summed E-state index contributed by atoms with van der Waals surface area (Å²) in [5, 5.41) is 5.69. The smallest absolute Gasteiger partial charge is 0.180 e. The summed E-state index contributed by atoms with van der Waals surface area (Å²) in [6.07, 6.45) is 2.46. The molecule has 2 N–H and O–H groups in total. The van der Waals surface area contributed by atoms with Crippen molar-refractivity contribution in [3.05, 3.63) is 11.1 Å². The maximum absolute atomic E-state index is 10.6. The maximum atomic E-state index is 10.6. The molecule has 1 aromatic rings. The molecule has 5 nitrogen and oxygen atoms in total. The van der Waals surface area contributed by atoms with E-state index in [1.165, 1.54) is 23.1 Å². The zero-order chi connectivity index (χ0) is 10.4. The lowest BCUT2D eigenvalue weighted by molar-refractivity contribution is -0.102. The predicted octanol–water partition coefficient (Wildman–Crippen LogP) is 0.965. The molecule has 0 saturated carbocycles. The lowest BCUT2D eigenvalue weighted by Gasteiger charge is -1.95. The Morgan fingerprint density at radius 2 is 2.71 bits per heavy atom. The summed E-state index contributed by atoms with van der Waals surface area (Å²) in [4.78, 5) is 19.4. The number of oxime groups is 1. The minimum absolute atomic E-state index is 0.159. The van der Waals surface area contributed by atoms with E-state index in [2.05, 4.69) is 10.1 Å². The minimum atomic E-state index is 0.159. The van der Waals surface area contributed by atoms with E-state index in [1.807, 2.05) is 6.26 Å². The Bertz CT molecular complexity index is 337. The Morgan fingerprint density at radius 3 is 3.21 bits per heavy atom. The molecule has 1 aromatic heterocycles. The molecule has 0 aliphatic carbocycles. The number of aromatic nitrogens is 1. The highest BCUT2D eigenvalue weighted by molar-refractivity contribution is 7.98. The molecule has 0 atom stereocenters. The van der Waals surface area contributed by atoms with E-state index in [1.54, 1.807) is 5.38 Å². The highest BCUT2D eigenvalue weighted by Crippen LogP contribution is 2.11. The van der Waals surface area contributed by atoms with Gasteiger partial charge in [0.25, 0.3) is 0 Å². The number of nitrogens with two attached hydrogens (primary N) is 1. The van der Waals surface area contributed by atoms with E-state index in [4.69, 9.17) is 10.6 Å². The Labute approximate surface area is 89.3 Å². The molecular weight excluding hydrogens is 222 g/mol. The van der Waals surface area contributed by atoms with Crippen molar-refractivity contribution in [2.24, 2.45) is 5.16 Å². The first-order chi connectivity index (χ1) is 6.77.